The Balaban J connectivity index is 2.03. The Bertz CT molecular complexity index is 841. The molecular weight excluding hydrogens is 352 g/mol. The molecule has 0 aliphatic rings. The summed E-state index contributed by atoms with van der Waals surface area (Å²) in [6.45, 7) is 11.1. The first-order chi connectivity index (χ1) is 13.4. The molecule has 0 fully saturated rings. The zero-order valence-electron chi connectivity index (χ0n) is 17.1. The average Bonchev–Trinajstić information content (AvgIpc) is 2.70. The molecule has 5 heteroatoms. The number of hydrogen-bond acceptors (Lipinski definition) is 5. The number of rotatable bonds is 9. The monoisotopic (exact) mass is 380 g/mol. The molecule has 0 N–H and O–H groups in total. The van der Waals surface area contributed by atoms with Gasteiger partial charge in [-0.1, -0.05) is 6.58 Å². The number of esters is 1. The topological polar surface area (TPSA) is 51.1 Å². The zero-order valence-corrected chi connectivity index (χ0v) is 17.1. The van der Waals surface area contributed by atoms with Gasteiger partial charge < -0.3 is 14.4 Å². The van der Waals surface area contributed by atoms with E-state index in [0.717, 1.165) is 34.8 Å². The van der Waals surface area contributed by atoms with Crippen molar-refractivity contribution >= 4 is 23.6 Å². The summed E-state index contributed by atoms with van der Waals surface area (Å²) in [5.74, 6) is 0.474. The van der Waals surface area contributed by atoms with Crippen molar-refractivity contribution in [1.82, 2.24) is 0 Å². The van der Waals surface area contributed by atoms with Crippen LogP contribution in [0.2, 0.25) is 0 Å². The lowest BCUT2D eigenvalue weighted by Crippen LogP contribution is -2.28. The SMILES string of the molecule is C=C(C)C(=O)OCCN(CC)c1ccc(N=Cc2ccc(OC)cc2)c(C)c1. The largest absolute Gasteiger partial charge is 0.497 e. The number of aliphatic imine (C=N–C) groups is 1. The number of carbonyl (C=O) groups is 1. The molecule has 28 heavy (non-hydrogen) atoms. The Morgan fingerprint density at radius 2 is 1.93 bits per heavy atom. The smallest absolute Gasteiger partial charge is 0.333 e. The molecule has 0 aliphatic carbocycles. The molecule has 5 nitrogen and oxygen atoms in total. The van der Waals surface area contributed by atoms with Crippen molar-refractivity contribution in [2.75, 3.05) is 31.7 Å². The molecular formula is C23H28N2O3. The van der Waals surface area contributed by atoms with E-state index in [9.17, 15) is 4.79 Å². The summed E-state index contributed by atoms with van der Waals surface area (Å²) >= 11 is 0. The summed E-state index contributed by atoms with van der Waals surface area (Å²) in [5.41, 5.74) is 4.51. The summed E-state index contributed by atoms with van der Waals surface area (Å²) in [4.78, 5) is 18.3. The molecule has 0 radical (unpaired) electrons. The summed E-state index contributed by atoms with van der Waals surface area (Å²) in [7, 11) is 1.65. The first-order valence-electron chi connectivity index (χ1n) is 9.31. The van der Waals surface area contributed by atoms with Crippen LogP contribution in [0, 0.1) is 6.92 Å². The van der Waals surface area contributed by atoms with E-state index in [-0.39, 0.29) is 5.97 Å². The van der Waals surface area contributed by atoms with Gasteiger partial charge in [0.05, 0.1) is 19.3 Å². The maximum absolute atomic E-state index is 11.5. The van der Waals surface area contributed by atoms with Crippen molar-refractivity contribution in [1.29, 1.82) is 0 Å². The molecule has 2 aromatic carbocycles. The normalized spacial score (nSPS) is 10.7. The predicted octanol–water partition coefficient (Wildman–Crippen LogP) is 4.70. The van der Waals surface area contributed by atoms with Gasteiger partial charge in [0.15, 0.2) is 0 Å². The third-order valence-electron chi connectivity index (χ3n) is 4.34. The Hall–Kier alpha value is -3.08. The first-order valence-corrected chi connectivity index (χ1v) is 9.31. The summed E-state index contributed by atoms with van der Waals surface area (Å²) in [6, 6.07) is 13.9. The van der Waals surface area contributed by atoms with E-state index >= 15 is 0 Å². The lowest BCUT2D eigenvalue weighted by Gasteiger charge is -2.23. The van der Waals surface area contributed by atoms with Crippen molar-refractivity contribution in [2.45, 2.75) is 20.8 Å². The highest BCUT2D eigenvalue weighted by molar-refractivity contribution is 5.87. The highest BCUT2D eigenvalue weighted by atomic mass is 16.5. The van der Waals surface area contributed by atoms with Gasteiger partial charge in [-0.3, -0.25) is 4.99 Å². The number of anilines is 1. The molecule has 0 heterocycles. The van der Waals surface area contributed by atoms with Gasteiger partial charge in [0.1, 0.15) is 12.4 Å². The van der Waals surface area contributed by atoms with E-state index in [1.54, 1.807) is 14.0 Å². The molecule has 0 saturated heterocycles. The number of aryl methyl sites for hydroxylation is 1. The van der Waals surface area contributed by atoms with Gasteiger partial charge in [-0.25, -0.2) is 4.79 Å². The Morgan fingerprint density at radius 1 is 1.21 bits per heavy atom. The van der Waals surface area contributed by atoms with Gasteiger partial charge in [0.25, 0.3) is 0 Å². The van der Waals surface area contributed by atoms with Crippen molar-refractivity contribution in [2.24, 2.45) is 4.99 Å². The molecule has 0 spiro atoms. The van der Waals surface area contributed by atoms with Gasteiger partial charge in [-0.15, -0.1) is 0 Å². The van der Waals surface area contributed by atoms with Gasteiger partial charge >= 0.3 is 5.97 Å². The van der Waals surface area contributed by atoms with Gasteiger partial charge in [-0.2, -0.15) is 0 Å². The third kappa shape index (κ3) is 5.98. The summed E-state index contributed by atoms with van der Waals surface area (Å²) in [6.07, 6.45) is 1.84. The average molecular weight is 380 g/mol. The number of benzene rings is 2. The van der Waals surface area contributed by atoms with Crippen LogP contribution in [0.3, 0.4) is 0 Å². The minimum Gasteiger partial charge on any atom is -0.497 e. The minimum absolute atomic E-state index is 0.329. The van der Waals surface area contributed by atoms with E-state index in [2.05, 4.69) is 29.5 Å². The fraction of sp³-hybridized carbons (Fsp3) is 0.304. The quantitative estimate of drug-likeness (QED) is 0.359. The van der Waals surface area contributed by atoms with Crippen LogP contribution in [-0.4, -0.2) is 39.0 Å². The van der Waals surface area contributed by atoms with Gasteiger partial charge in [0, 0.05) is 24.0 Å². The summed E-state index contributed by atoms with van der Waals surface area (Å²) in [5, 5.41) is 0. The number of ether oxygens (including phenoxy) is 2. The van der Waals surface area contributed by atoms with E-state index in [1.165, 1.54) is 0 Å². The fourth-order valence-electron chi connectivity index (χ4n) is 2.66. The molecule has 0 aromatic heterocycles. The molecule has 148 valence electrons. The van der Waals surface area contributed by atoms with E-state index < -0.39 is 0 Å². The van der Waals surface area contributed by atoms with E-state index in [4.69, 9.17) is 9.47 Å². The molecule has 0 aliphatic heterocycles. The van der Waals surface area contributed by atoms with Crippen molar-refractivity contribution in [3.63, 3.8) is 0 Å². The number of nitrogens with zero attached hydrogens (tertiary/aromatic N) is 2. The highest BCUT2D eigenvalue weighted by Crippen LogP contribution is 2.25. The zero-order chi connectivity index (χ0) is 20.5. The molecule has 0 atom stereocenters. The van der Waals surface area contributed by atoms with Crippen LogP contribution in [0.15, 0.2) is 59.6 Å². The van der Waals surface area contributed by atoms with Crippen LogP contribution < -0.4 is 9.64 Å². The Labute approximate surface area is 167 Å². The lowest BCUT2D eigenvalue weighted by molar-refractivity contribution is -0.138. The number of carbonyl (C=O) groups excluding carboxylic acids is 1. The summed E-state index contributed by atoms with van der Waals surface area (Å²) < 4.78 is 10.4. The van der Waals surface area contributed by atoms with Crippen LogP contribution in [-0.2, 0) is 9.53 Å². The molecule has 0 unspecified atom stereocenters. The van der Waals surface area contributed by atoms with Crippen LogP contribution in [0.5, 0.6) is 5.75 Å². The number of hydrogen-bond donors (Lipinski definition) is 0. The van der Waals surface area contributed by atoms with Crippen molar-refractivity contribution < 1.29 is 14.3 Å². The van der Waals surface area contributed by atoms with Crippen molar-refractivity contribution in [3.05, 3.63) is 65.7 Å². The fourth-order valence-corrected chi connectivity index (χ4v) is 2.66. The van der Waals surface area contributed by atoms with E-state index in [0.29, 0.717) is 18.7 Å². The van der Waals surface area contributed by atoms with Crippen LogP contribution in [0.25, 0.3) is 0 Å². The maximum atomic E-state index is 11.5. The first kappa shape index (κ1) is 21.2. The minimum atomic E-state index is -0.351. The maximum Gasteiger partial charge on any atom is 0.333 e. The Morgan fingerprint density at radius 3 is 2.50 bits per heavy atom. The molecule has 2 rings (SSSR count). The molecule has 0 bridgehead atoms. The van der Waals surface area contributed by atoms with Gasteiger partial charge in [-0.05, 0) is 74.4 Å². The second-order valence-corrected chi connectivity index (χ2v) is 6.50. The van der Waals surface area contributed by atoms with Crippen LogP contribution in [0.4, 0.5) is 11.4 Å². The van der Waals surface area contributed by atoms with Crippen LogP contribution >= 0.6 is 0 Å². The Kier molecular flexibility index (Phi) is 7.81. The second kappa shape index (κ2) is 10.3. The van der Waals surface area contributed by atoms with E-state index in [1.807, 2.05) is 49.5 Å². The number of methoxy groups -OCH3 is 1. The van der Waals surface area contributed by atoms with Gasteiger partial charge in [0.2, 0.25) is 0 Å². The highest BCUT2D eigenvalue weighted by Gasteiger charge is 2.08. The second-order valence-electron chi connectivity index (χ2n) is 6.50. The van der Waals surface area contributed by atoms with Crippen molar-refractivity contribution in [3.8, 4) is 5.75 Å². The molecule has 0 amide bonds. The number of likely N-dealkylation sites (N-methyl/N-ethyl adjacent to an activating group) is 1. The standard InChI is InChI=1S/C23H28N2O3/c1-6-25(13-14-28-23(26)17(2)3)20-9-12-22(18(4)15-20)24-16-19-7-10-21(27-5)11-8-19/h7-12,15-16H,2,6,13-14H2,1,3-5H3. The third-order valence-corrected chi connectivity index (χ3v) is 4.34. The molecule has 0 saturated carbocycles. The van der Waals surface area contributed by atoms with Crippen LogP contribution in [0.1, 0.15) is 25.0 Å². The lowest BCUT2D eigenvalue weighted by atomic mass is 10.1. The predicted molar refractivity (Wildman–Crippen MR) is 115 cm³/mol. The molecule has 2 aromatic rings.